The lowest BCUT2D eigenvalue weighted by atomic mass is 9.77. The quantitative estimate of drug-likeness (QED) is 0.550. The Morgan fingerprint density at radius 3 is 2.53 bits per heavy atom. The van der Waals surface area contributed by atoms with Crippen LogP contribution in [0.15, 0.2) is 5.16 Å². The smallest absolute Gasteiger partial charge is 0.114 e. The van der Waals surface area contributed by atoms with Crippen molar-refractivity contribution in [1.82, 2.24) is 4.90 Å². The van der Waals surface area contributed by atoms with Gasteiger partial charge in [0.2, 0.25) is 0 Å². The fourth-order valence-corrected chi connectivity index (χ4v) is 2.67. The van der Waals surface area contributed by atoms with Gasteiger partial charge in [-0.25, -0.2) is 0 Å². The van der Waals surface area contributed by atoms with E-state index in [0.717, 1.165) is 5.92 Å². The average Bonchev–Trinajstić information content (AvgIpc) is 2.27. The maximum Gasteiger partial charge on any atom is 0.114 e. The number of rotatable bonds is 3. The molecule has 88 valence electrons. The average molecular weight is 233 g/mol. The molecule has 0 aromatic rings. The molecular formula is C11H21ClN2O. The van der Waals surface area contributed by atoms with Gasteiger partial charge in [-0.1, -0.05) is 5.16 Å². The topological polar surface area (TPSA) is 24.8 Å². The molecule has 3 fully saturated rings. The second-order valence-corrected chi connectivity index (χ2v) is 4.39. The Balaban J connectivity index is 0.00000112. The molecule has 0 aliphatic carbocycles. The number of piperidine rings is 3. The van der Waals surface area contributed by atoms with Crippen LogP contribution in [0, 0.1) is 11.8 Å². The Hall–Kier alpha value is -0.280. The van der Waals surface area contributed by atoms with Crippen molar-refractivity contribution < 1.29 is 4.84 Å². The summed E-state index contributed by atoms with van der Waals surface area (Å²) in [5.74, 6) is 1.52. The molecule has 3 heterocycles. The van der Waals surface area contributed by atoms with Crippen LogP contribution in [0.25, 0.3) is 0 Å². The molecule has 3 saturated heterocycles. The molecule has 15 heavy (non-hydrogen) atoms. The standard InChI is InChI=1S/C11H20N2O.ClH/c1-3-14-12-9(2)11-8-13-6-4-10(11)5-7-13;/h10-11H,3-8H2,1-2H3;1H. The van der Waals surface area contributed by atoms with Gasteiger partial charge in [0.25, 0.3) is 0 Å². The van der Waals surface area contributed by atoms with Crippen LogP contribution in [0.5, 0.6) is 0 Å². The van der Waals surface area contributed by atoms with E-state index in [1.807, 2.05) is 6.92 Å². The number of nitrogens with zero attached hydrogens (tertiary/aromatic N) is 2. The third-order valence-electron chi connectivity index (χ3n) is 3.53. The lowest BCUT2D eigenvalue weighted by Gasteiger charge is -2.44. The molecule has 1 atom stereocenters. The van der Waals surface area contributed by atoms with Crippen LogP contribution in [0.4, 0.5) is 0 Å². The van der Waals surface area contributed by atoms with Crippen LogP contribution in [0.2, 0.25) is 0 Å². The second kappa shape index (κ2) is 5.71. The summed E-state index contributed by atoms with van der Waals surface area (Å²) < 4.78 is 0. The van der Waals surface area contributed by atoms with Crippen LogP contribution in [-0.2, 0) is 4.84 Å². The molecule has 0 N–H and O–H groups in total. The zero-order valence-corrected chi connectivity index (χ0v) is 10.4. The van der Waals surface area contributed by atoms with Gasteiger partial charge in [0.15, 0.2) is 0 Å². The summed E-state index contributed by atoms with van der Waals surface area (Å²) in [5.41, 5.74) is 1.20. The summed E-state index contributed by atoms with van der Waals surface area (Å²) in [7, 11) is 0. The zero-order chi connectivity index (χ0) is 9.97. The minimum atomic E-state index is 0. The third kappa shape index (κ3) is 2.85. The van der Waals surface area contributed by atoms with Crippen molar-refractivity contribution in [1.29, 1.82) is 0 Å². The van der Waals surface area contributed by atoms with Gasteiger partial charge in [-0.3, -0.25) is 0 Å². The number of halogens is 1. The van der Waals surface area contributed by atoms with Gasteiger partial charge in [-0.05, 0) is 45.7 Å². The number of oxime groups is 1. The third-order valence-corrected chi connectivity index (χ3v) is 3.53. The van der Waals surface area contributed by atoms with Gasteiger partial charge in [-0.15, -0.1) is 12.4 Å². The molecule has 0 spiro atoms. The van der Waals surface area contributed by atoms with Gasteiger partial charge in [0.05, 0.1) is 5.71 Å². The van der Waals surface area contributed by atoms with Crippen molar-refractivity contribution >= 4 is 18.1 Å². The SMILES string of the molecule is CCON=C(C)C1CN2CCC1CC2.Cl. The van der Waals surface area contributed by atoms with Gasteiger partial charge < -0.3 is 9.74 Å². The van der Waals surface area contributed by atoms with E-state index in [1.165, 1.54) is 38.2 Å². The van der Waals surface area contributed by atoms with Crippen LogP contribution in [0.1, 0.15) is 26.7 Å². The Kier molecular flexibility index (Phi) is 4.87. The summed E-state index contributed by atoms with van der Waals surface area (Å²) in [5, 5.41) is 4.18. The summed E-state index contributed by atoms with van der Waals surface area (Å²) in [6.45, 7) is 8.56. The second-order valence-electron chi connectivity index (χ2n) is 4.39. The maximum atomic E-state index is 5.13. The van der Waals surface area contributed by atoms with E-state index in [9.17, 15) is 0 Å². The highest BCUT2D eigenvalue weighted by atomic mass is 35.5. The van der Waals surface area contributed by atoms with Gasteiger partial charge >= 0.3 is 0 Å². The highest BCUT2D eigenvalue weighted by molar-refractivity contribution is 5.85. The fourth-order valence-electron chi connectivity index (χ4n) is 2.67. The van der Waals surface area contributed by atoms with Gasteiger partial charge in [0, 0.05) is 12.5 Å². The van der Waals surface area contributed by atoms with Crippen LogP contribution in [0.3, 0.4) is 0 Å². The molecule has 0 amide bonds. The van der Waals surface area contributed by atoms with E-state index < -0.39 is 0 Å². The lowest BCUT2D eigenvalue weighted by Crippen LogP contribution is -2.49. The van der Waals surface area contributed by atoms with Crippen LogP contribution in [-0.4, -0.2) is 36.9 Å². The molecule has 3 aliphatic rings. The van der Waals surface area contributed by atoms with Crippen molar-refractivity contribution in [3.8, 4) is 0 Å². The first-order valence-electron chi connectivity index (χ1n) is 5.70. The van der Waals surface area contributed by atoms with Crippen molar-refractivity contribution in [2.75, 3.05) is 26.2 Å². The van der Waals surface area contributed by atoms with E-state index in [1.54, 1.807) is 0 Å². The molecular weight excluding hydrogens is 212 g/mol. The number of fused-ring (bicyclic) bond motifs is 3. The van der Waals surface area contributed by atoms with E-state index in [2.05, 4.69) is 17.0 Å². The Morgan fingerprint density at radius 1 is 1.40 bits per heavy atom. The predicted octanol–water partition coefficient (Wildman–Crippen LogP) is 2.16. The Morgan fingerprint density at radius 2 is 2.07 bits per heavy atom. The van der Waals surface area contributed by atoms with E-state index in [-0.39, 0.29) is 12.4 Å². The van der Waals surface area contributed by atoms with Gasteiger partial charge in [-0.2, -0.15) is 0 Å². The molecule has 4 heteroatoms. The Bertz CT molecular complexity index is 225. The number of hydrogen-bond acceptors (Lipinski definition) is 3. The lowest BCUT2D eigenvalue weighted by molar-refractivity contribution is 0.0774. The monoisotopic (exact) mass is 232 g/mol. The summed E-state index contributed by atoms with van der Waals surface area (Å²) in [4.78, 5) is 7.68. The first kappa shape index (κ1) is 12.8. The fraction of sp³-hybridized carbons (Fsp3) is 0.909. The minimum Gasteiger partial charge on any atom is -0.396 e. The molecule has 3 aliphatic heterocycles. The maximum absolute atomic E-state index is 5.13. The Labute approximate surface area is 98.3 Å². The highest BCUT2D eigenvalue weighted by Gasteiger charge is 2.35. The predicted molar refractivity (Wildman–Crippen MR) is 64.6 cm³/mol. The summed E-state index contributed by atoms with van der Waals surface area (Å²) in [6, 6.07) is 0. The van der Waals surface area contributed by atoms with E-state index in [0.29, 0.717) is 12.5 Å². The largest absolute Gasteiger partial charge is 0.396 e. The molecule has 0 aromatic carbocycles. The number of hydrogen-bond donors (Lipinski definition) is 0. The normalized spacial score (nSPS) is 34.8. The van der Waals surface area contributed by atoms with Crippen molar-refractivity contribution in [2.24, 2.45) is 17.0 Å². The van der Waals surface area contributed by atoms with Gasteiger partial charge in [0.1, 0.15) is 6.61 Å². The van der Waals surface area contributed by atoms with Crippen molar-refractivity contribution in [3.05, 3.63) is 0 Å². The highest BCUT2D eigenvalue weighted by Crippen LogP contribution is 2.33. The van der Waals surface area contributed by atoms with Crippen LogP contribution < -0.4 is 0 Å². The first-order chi connectivity index (χ1) is 6.81. The summed E-state index contributed by atoms with van der Waals surface area (Å²) in [6.07, 6.45) is 2.70. The summed E-state index contributed by atoms with van der Waals surface area (Å²) >= 11 is 0. The molecule has 1 unspecified atom stereocenters. The van der Waals surface area contributed by atoms with E-state index in [4.69, 9.17) is 4.84 Å². The van der Waals surface area contributed by atoms with Crippen molar-refractivity contribution in [2.45, 2.75) is 26.7 Å². The molecule has 3 nitrogen and oxygen atoms in total. The molecule has 0 saturated carbocycles. The van der Waals surface area contributed by atoms with E-state index >= 15 is 0 Å². The minimum absolute atomic E-state index is 0. The molecule has 2 bridgehead atoms. The molecule has 3 rings (SSSR count). The first-order valence-corrected chi connectivity index (χ1v) is 5.70. The molecule has 0 aromatic heterocycles. The zero-order valence-electron chi connectivity index (χ0n) is 9.61. The molecule has 0 radical (unpaired) electrons. The van der Waals surface area contributed by atoms with Crippen molar-refractivity contribution in [3.63, 3.8) is 0 Å². The van der Waals surface area contributed by atoms with Crippen LogP contribution >= 0.6 is 12.4 Å².